The molecular weight excluding hydrogens is 783 g/mol. The Hall–Kier alpha value is -7.98. The summed E-state index contributed by atoms with van der Waals surface area (Å²) in [4.78, 5) is 2.44. The van der Waals surface area contributed by atoms with Crippen molar-refractivity contribution in [2.45, 2.75) is 0 Å². The largest absolute Gasteiger partial charge is 0.456 e. The molecule has 63 heavy (non-hydrogen) atoms. The molecule has 0 aliphatic carbocycles. The van der Waals surface area contributed by atoms with Gasteiger partial charge in [0.25, 0.3) is 0 Å². The van der Waals surface area contributed by atoms with Crippen molar-refractivity contribution >= 4 is 124 Å². The molecule has 0 aliphatic heterocycles. The van der Waals surface area contributed by atoms with Crippen LogP contribution in [-0.4, -0.2) is 0 Å². The quantitative estimate of drug-likeness (QED) is 0.176. The molecular formula is C60H37NOS. The predicted molar refractivity (Wildman–Crippen MR) is 272 cm³/mol. The zero-order valence-electron chi connectivity index (χ0n) is 34.1. The second-order valence-corrected chi connectivity index (χ2v) is 17.4. The Bertz CT molecular complexity index is 4050. The van der Waals surface area contributed by atoms with Crippen LogP contribution in [0, 0.1) is 0 Å². The molecule has 3 heteroatoms. The van der Waals surface area contributed by atoms with Crippen molar-refractivity contribution in [3.05, 3.63) is 224 Å². The number of hydrogen-bond acceptors (Lipinski definition) is 3. The van der Waals surface area contributed by atoms with E-state index >= 15 is 0 Å². The minimum absolute atomic E-state index is 0.874. The van der Waals surface area contributed by atoms with E-state index in [9.17, 15) is 0 Å². The van der Waals surface area contributed by atoms with Crippen molar-refractivity contribution in [3.8, 4) is 11.1 Å². The van der Waals surface area contributed by atoms with Crippen LogP contribution in [0.25, 0.3) is 107 Å². The van der Waals surface area contributed by atoms with Crippen molar-refractivity contribution < 1.29 is 4.42 Å². The highest BCUT2D eigenvalue weighted by Gasteiger charge is 2.20. The maximum atomic E-state index is 6.37. The molecule has 0 bridgehead atoms. The fourth-order valence-corrected chi connectivity index (χ4v) is 11.1. The zero-order chi connectivity index (χ0) is 41.4. The van der Waals surface area contributed by atoms with Crippen molar-refractivity contribution in [2.75, 3.05) is 4.90 Å². The summed E-state index contributed by atoms with van der Waals surface area (Å²) in [6, 6.07) is 82.2. The molecule has 0 spiro atoms. The van der Waals surface area contributed by atoms with Gasteiger partial charge in [0.05, 0.1) is 5.69 Å². The van der Waals surface area contributed by atoms with Crippen LogP contribution in [0.5, 0.6) is 0 Å². The van der Waals surface area contributed by atoms with Gasteiger partial charge in [-0.15, -0.1) is 11.3 Å². The van der Waals surface area contributed by atoms with E-state index in [4.69, 9.17) is 4.42 Å². The third-order valence-corrected chi connectivity index (χ3v) is 14.0. The molecule has 0 fully saturated rings. The lowest BCUT2D eigenvalue weighted by Gasteiger charge is -2.28. The molecule has 13 rings (SSSR count). The Morgan fingerprint density at radius 2 is 0.762 bits per heavy atom. The monoisotopic (exact) mass is 819 g/mol. The third kappa shape index (κ3) is 5.71. The fourth-order valence-electron chi connectivity index (χ4n) is 10.0. The highest BCUT2D eigenvalue weighted by Crippen LogP contribution is 2.46. The molecule has 11 aromatic carbocycles. The van der Waals surface area contributed by atoms with Crippen LogP contribution >= 0.6 is 11.3 Å². The molecule has 2 nitrogen and oxygen atoms in total. The molecule has 294 valence electrons. The highest BCUT2D eigenvalue weighted by atomic mass is 32.1. The van der Waals surface area contributed by atoms with E-state index in [1.807, 2.05) is 17.4 Å². The first-order chi connectivity index (χ1) is 31.2. The van der Waals surface area contributed by atoms with Crippen LogP contribution in [0.3, 0.4) is 0 Å². The minimum atomic E-state index is 0.874. The molecule has 0 saturated carbocycles. The van der Waals surface area contributed by atoms with Gasteiger partial charge in [-0.1, -0.05) is 164 Å². The maximum absolute atomic E-state index is 6.37. The third-order valence-electron chi connectivity index (χ3n) is 12.9. The number of rotatable bonds is 4. The average Bonchev–Trinajstić information content (AvgIpc) is 3.91. The Labute approximate surface area is 367 Å². The number of nitrogens with zero attached hydrogens (tertiary/aromatic N) is 1. The molecule has 0 unspecified atom stereocenters. The van der Waals surface area contributed by atoms with E-state index in [0.717, 1.165) is 50.1 Å². The van der Waals surface area contributed by atoms with Gasteiger partial charge in [-0.2, -0.15) is 0 Å². The topological polar surface area (TPSA) is 16.4 Å². The van der Waals surface area contributed by atoms with Crippen LogP contribution in [-0.2, 0) is 0 Å². The molecule has 0 radical (unpaired) electrons. The number of thiophene rings is 1. The number of para-hydroxylation sites is 2. The van der Waals surface area contributed by atoms with Crippen molar-refractivity contribution in [1.29, 1.82) is 0 Å². The fraction of sp³-hybridized carbons (Fsp3) is 0. The summed E-state index contributed by atoms with van der Waals surface area (Å²) in [5.74, 6) is 0. The molecule has 0 N–H and O–H groups in total. The van der Waals surface area contributed by atoms with Crippen LogP contribution in [0.1, 0.15) is 0 Å². The van der Waals surface area contributed by atoms with Gasteiger partial charge in [-0.3, -0.25) is 0 Å². The highest BCUT2D eigenvalue weighted by molar-refractivity contribution is 7.25. The minimum Gasteiger partial charge on any atom is -0.456 e. The smallest absolute Gasteiger partial charge is 0.135 e. The van der Waals surface area contributed by atoms with Gasteiger partial charge in [-0.25, -0.2) is 0 Å². The number of fused-ring (bicyclic) bond motifs is 16. The standard InChI is InChI=1S/C60H37NOS/c1-2-16-38(17-3-1)41-18-10-13-27-56(41)61(40-31-33-58-54(35-40)49-25-11-14-28-57(49)62-58)39-30-32-48-51(34-39)46-23-8-6-21-44(46)42-19-4-5-20-43(42)45-22-7-9-24-47(45)53-37-60-55(36-52(48)53)50-26-12-15-29-59(50)63-60/h1-37H. The van der Waals surface area contributed by atoms with Crippen LogP contribution in [0.2, 0.25) is 0 Å². The molecule has 0 aliphatic rings. The molecule has 0 amide bonds. The van der Waals surface area contributed by atoms with Crippen molar-refractivity contribution in [2.24, 2.45) is 0 Å². The second kappa shape index (κ2) is 14.3. The van der Waals surface area contributed by atoms with E-state index in [0.29, 0.717) is 0 Å². The van der Waals surface area contributed by atoms with Crippen LogP contribution in [0.15, 0.2) is 229 Å². The second-order valence-electron chi connectivity index (χ2n) is 16.4. The normalized spacial score (nSPS) is 11.8. The molecule has 0 atom stereocenters. The van der Waals surface area contributed by atoms with Crippen molar-refractivity contribution in [3.63, 3.8) is 0 Å². The Morgan fingerprint density at radius 1 is 0.286 bits per heavy atom. The molecule has 13 aromatic rings. The summed E-state index contributed by atoms with van der Waals surface area (Å²) in [6.07, 6.45) is 0. The van der Waals surface area contributed by atoms with E-state index < -0.39 is 0 Å². The first-order valence-corrected chi connectivity index (χ1v) is 22.3. The molecule has 2 aromatic heterocycles. The van der Waals surface area contributed by atoms with E-state index in [1.165, 1.54) is 74.0 Å². The van der Waals surface area contributed by atoms with E-state index in [-0.39, 0.29) is 0 Å². The Morgan fingerprint density at radius 3 is 1.46 bits per heavy atom. The van der Waals surface area contributed by atoms with Crippen molar-refractivity contribution in [1.82, 2.24) is 0 Å². The van der Waals surface area contributed by atoms with Gasteiger partial charge in [0, 0.05) is 47.9 Å². The number of furan rings is 1. The SMILES string of the molecule is c1ccc(-c2ccccc2N(c2ccc3oc4ccccc4c3c2)c2ccc3c(c2)c2ccccc2c2ccccc2c2ccccc2c2cc4sc5ccccc5c4cc32)cc1. The number of hydrogen-bond donors (Lipinski definition) is 0. The van der Waals surface area contributed by atoms with Crippen LogP contribution in [0.4, 0.5) is 17.1 Å². The van der Waals surface area contributed by atoms with Gasteiger partial charge in [0.2, 0.25) is 0 Å². The first-order valence-electron chi connectivity index (χ1n) is 21.5. The van der Waals surface area contributed by atoms with E-state index in [1.54, 1.807) is 0 Å². The first kappa shape index (κ1) is 35.7. The number of anilines is 3. The Balaban J connectivity index is 1.22. The predicted octanol–water partition coefficient (Wildman–Crippen LogP) is 18.0. The average molecular weight is 820 g/mol. The summed E-state index contributed by atoms with van der Waals surface area (Å²) in [5, 5.41) is 16.9. The zero-order valence-corrected chi connectivity index (χ0v) is 34.9. The molecule has 0 saturated heterocycles. The summed E-state index contributed by atoms with van der Waals surface area (Å²) in [5.41, 5.74) is 7.28. The summed E-state index contributed by atoms with van der Waals surface area (Å²) < 4.78 is 8.97. The van der Waals surface area contributed by atoms with Gasteiger partial charge in [0.15, 0.2) is 0 Å². The lowest BCUT2D eigenvalue weighted by molar-refractivity contribution is 0.669. The molecule has 2 heterocycles. The lowest BCUT2D eigenvalue weighted by Crippen LogP contribution is -2.11. The van der Waals surface area contributed by atoms with Gasteiger partial charge >= 0.3 is 0 Å². The summed E-state index contributed by atoms with van der Waals surface area (Å²) >= 11 is 1.88. The summed E-state index contributed by atoms with van der Waals surface area (Å²) in [7, 11) is 0. The number of benzene rings is 10. The maximum Gasteiger partial charge on any atom is 0.135 e. The lowest BCUT2D eigenvalue weighted by atomic mass is 9.93. The van der Waals surface area contributed by atoms with Gasteiger partial charge in [-0.05, 0) is 120 Å². The van der Waals surface area contributed by atoms with Gasteiger partial charge in [0.1, 0.15) is 11.2 Å². The van der Waals surface area contributed by atoms with E-state index in [2.05, 4.69) is 223 Å². The van der Waals surface area contributed by atoms with Gasteiger partial charge < -0.3 is 9.32 Å². The Kier molecular flexibility index (Phi) is 8.12. The summed E-state index contributed by atoms with van der Waals surface area (Å²) in [6.45, 7) is 0. The van der Waals surface area contributed by atoms with Crippen LogP contribution < -0.4 is 4.90 Å².